The summed E-state index contributed by atoms with van der Waals surface area (Å²) in [6.07, 6.45) is -0.00758. The molecule has 5 nitrogen and oxygen atoms in total. The summed E-state index contributed by atoms with van der Waals surface area (Å²) < 4.78 is 23.9. The Morgan fingerprint density at radius 1 is 0.871 bits per heavy atom. The molecule has 1 atom stereocenters. The zero-order chi connectivity index (χ0) is 21.4. The topological polar surface area (TPSA) is 49.0 Å². The number of methoxy groups -OCH3 is 1. The second kappa shape index (κ2) is 10.4. The fourth-order valence-electron chi connectivity index (χ4n) is 3.83. The van der Waals surface area contributed by atoms with Crippen molar-refractivity contribution in [2.75, 3.05) is 40.0 Å². The lowest BCUT2D eigenvalue weighted by Gasteiger charge is -2.41. The summed E-state index contributed by atoms with van der Waals surface area (Å²) in [5.41, 5.74) is 1.64. The minimum absolute atomic E-state index is 0.00758. The summed E-state index contributed by atoms with van der Waals surface area (Å²) >= 11 is 0. The van der Waals surface area contributed by atoms with Gasteiger partial charge in [0.05, 0.1) is 26.4 Å². The molecule has 0 bridgehead atoms. The van der Waals surface area contributed by atoms with Gasteiger partial charge in [-0.05, 0) is 23.3 Å². The molecule has 1 saturated heterocycles. The molecule has 5 heteroatoms. The van der Waals surface area contributed by atoms with Crippen LogP contribution in [0.3, 0.4) is 0 Å². The van der Waals surface area contributed by atoms with Gasteiger partial charge in [0.15, 0.2) is 11.5 Å². The molecule has 1 fully saturated rings. The van der Waals surface area contributed by atoms with Crippen molar-refractivity contribution in [3.8, 4) is 11.5 Å². The first-order chi connectivity index (χ1) is 15.3. The van der Waals surface area contributed by atoms with E-state index in [0.717, 1.165) is 22.6 Å². The van der Waals surface area contributed by atoms with Crippen LogP contribution >= 0.6 is 0 Å². The smallest absolute Gasteiger partial charge is 0.161 e. The van der Waals surface area contributed by atoms with E-state index in [-0.39, 0.29) is 6.10 Å². The minimum Gasteiger partial charge on any atom is -0.493 e. The molecule has 3 aromatic carbocycles. The molecular weight excluding hydrogens is 390 g/mol. The van der Waals surface area contributed by atoms with Crippen LogP contribution < -0.4 is 14.8 Å². The molecule has 1 aliphatic rings. The first-order valence-electron chi connectivity index (χ1n) is 10.6. The maximum absolute atomic E-state index is 6.49. The number of nitrogens with one attached hydrogen (secondary N) is 1. The van der Waals surface area contributed by atoms with E-state index in [2.05, 4.69) is 29.6 Å². The summed E-state index contributed by atoms with van der Waals surface area (Å²) in [4.78, 5) is 0. The van der Waals surface area contributed by atoms with E-state index in [1.807, 2.05) is 60.7 Å². The van der Waals surface area contributed by atoms with Crippen molar-refractivity contribution in [2.24, 2.45) is 0 Å². The van der Waals surface area contributed by atoms with E-state index in [9.17, 15) is 0 Å². The highest BCUT2D eigenvalue weighted by Crippen LogP contribution is 2.37. The molecule has 1 N–H and O–H groups in total. The van der Waals surface area contributed by atoms with Gasteiger partial charge in [0.25, 0.3) is 0 Å². The Morgan fingerprint density at radius 2 is 1.48 bits per heavy atom. The average Bonchev–Trinajstić information content (AvgIpc) is 2.85. The molecule has 1 heterocycles. The van der Waals surface area contributed by atoms with Gasteiger partial charge in [0, 0.05) is 13.1 Å². The highest BCUT2D eigenvalue weighted by Gasteiger charge is 2.40. The average molecular weight is 420 g/mol. The van der Waals surface area contributed by atoms with Crippen molar-refractivity contribution >= 4 is 0 Å². The van der Waals surface area contributed by atoms with Gasteiger partial charge < -0.3 is 24.3 Å². The highest BCUT2D eigenvalue weighted by molar-refractivity contribution is 5.39. The number of ether oxygens (including phenoxy) is 4. The largest absolute Gasteiger partial charge is 0.493 e. The Kier molecular flexibility index (Phi) is 7.20. The normalized spacial score (nSPS) is 17.8. The quantitative estimate of drug-likeness (QED) is 0.531. The number of benzene rings is 3. The third kappa shape index (κ3) is 5.07. The van der Waals surface area contributed by atoms with Crippen molar-refractivity contribution in [3.05, 3.63) is 96.1 Å². The Hall–Kier alpha value is -2.86. The Morgan fingerprint density at radius 3 is 2.06 bits per heavy atom. The lowest BCUT2D eigenvalue weighted by atomic mass is 9.86. The van der Waals surface area contributed by atoms with Gasteiger partial charge in [-0.25, -0.2) is 0 Å². The molecule has 0 radical (unpaired) electrons. The number of rotatable bonds is 9. The van der Waals surface area contributed by atoms with Crippen molar-refractivity contribution < 1.29 is 18.9 Å². The molecule has 0 spiro atoms. The molecular formula is C26H29NO4. The van der Waals surface area contributed by atoms with Crippen molar-refractivity contribution in [1.82, 2.24) is 5.32 Å². The van der Waals surface area contributed by atoms with E-state index in [1.165, 1.54) is 0 Å². The predicted molar refractivity (Wildman–Crippen MR) is 121 cm³/mol. The van der Waals surface area contributed by atoms with E-state index in [0.29, 0.717) is 32.9 Å². The standard InChI is InChI=1S/C26H29NO4/c1-28-24-14-8-9-15-25(24)29-17-16-27-18-23-19-31-26(20-30-23,21-10-4-2-5-11-21)22-12-6-3-7-13-22/h2-15,23,27H,16-20H2,1H3/t23-/m1/s1. The van der Waals surface area contributed by atoms with Crippen molar-refractivity contribution in [1.29, 1.82) is 0 Å². The molecule has 0 saturated carbocycles. The molecule has 0 aliphatic carbocycles. The van der Waals surface area contributed by atoms with Crippen LogP contribution in [0.25, 0.3) is 0 Å². The molecule has 3 aromatic rings. The van der Waals surface area contributed by atoms with Crippen LogP contribution in [0.15, 0.2) is 84.9 Å². The van der Waals surface area contributed by atoms with Crippen LogP contribution in [0.2, 0.25) is 0 Å². The van der Waals surface area contributed by atoms with Crippen LogP contribution in [-0.4, -0.2) is 46.1 Å². The van der Waals surface area contributed by atoms with Gasteiger partial charge in [-0.1, -0.05) is 72.8 Å². The third-order valence-corrected chi connectivity index (χ3v) is 5.50. The molecule has 31 heavy (non-hydrogen) atoms. The number of para-hydroxylation sites is 2. The van der Waals surface area contributed by atoms with Crippen LogP contribution in [-0.2, 0) is 15.1 Å². The first-order valence-corrected chi connectivity index (χ1v) is 10.6. The van der Waals surface area contributed by atoms with E-state index in [4.69, 9.17) is 18.9 Å². The first kappa shape index (κ1) is 21.4. The predicted octanol–water partition coefficient (Wildman–Crippen LogP) is 4.02. The number of hydrogen-bond donors (Lipinski definition) is 1. The summed E-state index contributed by atoms with van der Waals surface area (Å²) in [6, 6.07) is 28.3. The second-order valence-electron chi connectivity index (χ2n) is 7.51. The van der Waals surface area contributed by atoms with Crippen LogP contribution in [0.4, 0.5) is 0 Å². The van der Waals surface area contributed by atoms with E-state index < -0.39 is 5.60 Å². The molecule has 4 rings (SSSR count). The Bertz CT molecular complexity index is 883. The summed E-state index contributed by atoms with van der Waals surface area (Å²) in [5, 5.41) is 3.40. The summed E-state index contributed by atoms with van der Waals surface area (Å²) in [7, 11) is 1.64. The monoisotopic (exact) mass is 419 g/mol. The van der Waals surface area contributed by atoms with Crippen LogP contribution in [0.1, 0.15) is 11.1 Å². The Balaban J connectivity index is 1.29. The van der Waals surface area contributed by atoms with E-state index in [1.54, 1.807) is 7.11 Å². The van der Waals surface area contributed by atoms with Crippen LogP contribution in [0, 0.1) is 0 Å². The minimum atomic E-state index is -0.577. The molecule has 0 unspecified atom stereocenters. The maximum atomic E-state index is 6.49. The van der Waals surface area contributed by atoms with Gasteiger partial charge in [0.2, 0.25) is 0 Å². The van der Waals surface area contributed by atoms with Gasteiger partial charge in [-0.15, -0.1) is 0 Å². The van der Waals surface area contributed by atoms with Gasteiger partial charge in [-0.2, -0.15) is 0 Å². The lowest BCUT2D eigenvalue weighted by Crippen LogP contribution is -2.48. The SMILES string of the molecule is COc1ccccc1OCCNC[C@@H]1COC(c2ccccc2)(c2ccccc2)CO1. The van der Waals surface area contributed by atoms with Gasteiger partial charge in [0.1, 0.15) is 12.2 Å². The third-order valence-electron chi connectivity index (χ3n) is 5.50. The molecule has 0 aromatic heterocycles. The van der Waals surface area contributed by atoms with E-state index >= 15 is 0 Å². The fourth-order valence-corrected chi connectivity index (χ4v) is 3.83. The highest BCUT2D eigenvalue weighted by atomic mass is 16.6. The lowest BCUT2D eigenvalue weighted by molar-refractivity contribution is -0.175. The second-order valence-corrected chi connectivity index (χ2v) is 7.51. The van der Waals surface area contributed by atoms with Gasteiger partial charge >= 0.3 is 0 Å². The molecule has 162 valence electrons. The van der Waals surface area contributed by atoms with Crippen LogP contribution in [0.5, 0.6) is 11.5 Å². The van der Waals surface area contributed by atoms with Crippen molar-refractivity contribution in [2.45, 2.75) is 11.7 Å². The summed E-state index contributed by atoms with van der Waals surface area (Å²) in [5.74, 6) is 1.49. The maximum Gasteiger partial charge on any atom is 0.161 e. The number of hydrogen-bond acceptors (Lipinski definition) is 5. The zero-order valence-electron chi connectivity index (χ0n) is 17.8. The fraction of sp³-hybridized carbons (Fsp3) is 0.308. The van der Waals surface area contributed by atoms with Crippen molar-refractivity contribution in [3.63, 3.8) is 0 Å². The van der Waals surface area contributed by atoms with Gasteiger partial charge in [-0.3, -0.25) is 0 Å². The molecule has 0 amide bonds. The zero-order valence-corrected chi connectivity index (χ0v) is 17.8. The summed E-state index contributed by atoms with van der Waals surface area (Å²) in [6.45, 7) is 2.95. The Labute approximate surface area is 183 Å². The molecule has 1 aliphatic heterocycles.